The zero-order valence-electron chi connectivity index (χ0n) is 8.59. The van der Waals surface area contributed by atoms with Crippen LogP contribution in [0, 0.1) is 83.8 Å². The Balaban J connectivity index is 0. The second-order valence-corrected chi connectivity index (χ2v) is 3.41. The van der Waals surface area contributed by atoms with Crippen molar-refractivity contribution in [3.8, 4) is 0 Å². The molecule has 1 saturated carbocycles. The zero-order valence-corrected chi connectivity index (χ0v) is 12.9. The third-order valence-electron chi connectivity index (χ3n) is 2.22. The van der Waals surface area contributed by atoms with Crippen LogP contribution in [0.3, 0.4) is 0 Å². The van der Waals surface area contributed by atoms with Crippen molar-refractivity contribution < 1.29 is 87.0 Å². The van der Waals surface area contributed by atoms with Gasteiger partial charge in [0.15, 0.2) is 0 Å². The monoisotopic (exact) mass is 489 g/mol. The summed E-state index contributed by atoms with van der Waals surface area (Å²) in [5.41, 5.74) is 0. The van der Waals surface area contributed by atoms with E-state index in [9.17, 15) is 0 Å². The van der Waals surface area contributed by atoms with Crippen molar-refractivity contribution in [1.29, 1.82) is 0 Å². The van der Waals surface area contributed by atoms with Crippen LogP contribution >= 0.6 is 0 Å². The Morgan fingerprint density at radius 1 is 1.14 bits per heavy atom. The van der Waals surface area contributed by atoms with Gasteiger partial charge in [0.2, 0.25) is 0 Å². The second-order valence-electron chi connectivity index (χ2n) is 3.41. The van der Waals surface area contributed by atoms with Gasteiger partial charge in [-0.25, -0.2) is 0 Å². The summed E-state index contributed by atoms with van der Waals surface area (Å²) in [4.78, 5) is 10.2. The molecule has 0 bridgehead atoms. The van der Waals surface area contributed by atoms with Crippen LogP contribution in [0.5, 0.6) is 0 Å². The first kappa shape index (κ1) is 18.8. The van der Waals surface area contributed by atoms with Crippen LogP contribution in [0.2, 0.25) is 0 Å². The number of rotatable bonds is 5. The van der Waals surface area contributed by atoms with Gasteiger partial charge in [0.1, 0.15) is 0 Å². The Bertz CT molecular complexity index is 106. The summed E-state index contributed by atoms with van der Waals surface area (Å²) in [6.45, 7) is 3.88. The Morgan fingerprint density at radius 3 is 2.36 bits per heavy atom. The average Bonchev–Trinajstić information content (AvgIpc) is 2.14. The standard InChI is InChI=1S/C10H19O2.2Tb/c1-2-3-9-11-12-10-7-5-4-6-8-10;;/h9-10H,2-8H2,1H3;;/q-1;;. The van der Waals surface area contributed by atoms with E-state index in [4.69, 9.17) is 9.78 Å². The molecule has 0 amide bonds. The molecule has 0 spiro atoms. The van der Waals surface area contributed by atoms with Crippen LogP contribution in [0.4, 0.5) is 0 Å². The maximum absolute atomic E-state index is 5.23. The molecule has 0 N–H and O–H groups in total. The topological polar surface area (TPSA) is 18.5 Å². The van der Waals surface area contributed by atoms with Gasteiger partial charge in [-0.2, -0.15) is 13.0 Å². The zero-order chi connectivity index (χ0) is 8.65. The fourth-order valence-electron chi connectivity index (χ4n) is 1.45. The van der Waals surface area contributed by atoms with E-state index in [1.54, 1.807) is 6.61 Å². The molecule has 1 fully saturated rings. The number of hydrogen-bond donors (Lipinski definition) is 0. The van der Waals surface area contributed by atoms with E-state index in [-0.39, 0.29) is 77.2 Å². The van der Waals surface area contributed by atoms with E-state index in [2.05, 4.69) is 6.92 Å². The summed E-state index contributed by atoms with van der Waals surface area (Å²) in [5, 5.41) is 0. The molecule has 0 aliphatic heterocycles. The molecule has 0 aromatic carbocycles. The molecule has 0 unspecified atom stereocenters. The van der Waals surface area contributed by atoms with E-state index < -0.39 is 0 Å². The van der Waals surface area contributed by atoms with Crippen LogP contribution in [0.1, 0.15) is 51.9 Å². The number of unbranched alkanes of at least 4 members (excludes halogenated alkanes) is 1. The van der Waals surface area contributed by atoms with Gasteiger partial charge in [0.25, 0.3) is 0 Å². The van der Waals surface area contributed by atoms with Crippen molar-refractivity contribution in [1.82, 2.24) is 0 Å². The minimum Gasteiger partial charge on any atom is -0.413 e. The first-order chi connectivity index (χ1) is 5.93. The summed E-state index contributed by atoms with van der Waals surface area (Å²) in [6, 6.07) is 0. The summed E-state index contributed by atoms with van der Waals surface area (Å²) in [5.74, 6) is 0. The summed E-state index contributed by atoms with van der Waals surface area (Å²) >= 11 is 0. The molecule has 0 aromatic heterocycles. The minimum atomic E-state index is 0. The molecular weight excluding hydrogens is 470 g/mol. The van der Waals surface area contributed by atoms with Crippen molar-refractivity contribution in [3.63, 3.8) is 0 Å². The molecule has 1 aliphatic rings. The molecule has 90 valence electrons. The maximum Gasteiger partial charge on any atom is 0.0895 e. The summed E-state index contributed by atoms with van der Waals surface area (Å²) in [7, 11) is 0. The van der Waals surface area contributed by atoms with Gasteiger partial charge in [0.05, 0.1) is 6.10 Å². The van der Waals surface area contributed by atoms with Crippen LogP contribution in [0.15, 0.2) is 0 Å². The number of hydrogen-bond acceptors (Lipinski definition) is 2. The third kappa shape index (κ3) is 9.70. The van der Waals surface area contributed by atoms with E-state index in [1.165, 1.54) is 32.1 Å². The normalized spacial score (nSPS) is 16.9. The third-order valence-corrected chi connectivity index (χ3v) is 2.22. The molecule has 2 nitrogen and oxygen atoms in total. The molecule has 0 atom stereocenters. The first-order valence-corrected chi connectivity index (χ1v) is 5.07. The van der Waals surface area contributed by atoms with Crippen molar-refractivity contribution in [2.45, 2.75) is 58.0 Å². The smallest absolute Gasteiger partial charge is 0.0895 e. The first-order valence-electron chi connectivity index (χ1n) is 5.07. The van der Waals surface area contributed by atoms with Gasteiger partial charge < -0.3 is 4.89 Å². The Kier molecular flexibility index (Phi) is 18.2. The largest absolute Gasteiger partial charge is 0.413 e. The molecule has 0 saturated heterocycles. The van der Waals surface area contributed by atoms with Gasteiger partial charge in [-0.3, -0.25) is 4.89 Å². The molecule has 1 aliphatic carbocycles. The fourth-order valence-corrected chi connectivity index (χ4v) is 1.45. The van der Waals surface area contributed by atoms with E-state index in [1.807, 2.05) is 0 Å². The van der Waals surface area contributed by atoms with Crippen LogP contribution < -0.4 is 0 Å². The Labute approximate surface area is 149 Å². The molecule has 2 radical (unpaired) electrons. The molecule has 1 rings (SSSR count). The predicted molar refractivity (Wildman–Crippen MR) is 48.3 cm³/mol. The predicted octanol–water partition coefficient (Wildman–Crippen LogP) is 3.23. The van der Waals surface area contributed by atoms with E-state index in [0.29, 0.717) is 6.10 Å². The van der Waals surface area contributed by atoms with E-state index >= 15 is 0 Å². The molecule has 14 heavy (non-hydrogen) atoms. The summed E-state index contributed by atoms with van der Waals surface area (Å²) in [6.07, 6.45) is 8.73. The molecule has 4 heteroatoms. The second kappa shape index (κ2) is 13.6. The molecular formula is C10H19O2Tb2-. The molecule has 0 aromatic rings. The van der Waals surface area contributed by atoms with Crippen LogP contribution in [-0.4, -0.2) is 6.10 Å². The summed E-state index contributed by atoms with van der Waals surface area (Å²) < 4.78 is 0. The van der Waals surface area contributed by atoms with Crippen molar-refractivity contribution in [2.75, 3.05) is 0 Å². The van der Waals surface area contributed by atoms with Crippen molar-refractivity contribution in [3.05, 3.63) is 6.61 Å². The van der Waals surface area contributed by atoms with Crippen molar-refractivity contribution in [2.24, 2.45) is 0 Å². The van der Waals surface area contributed by atoms with Gasteiger partial charge in [0, 0.05) is 77.2 Å². The Hall–Kier alpha value is 2.49. The van der Waals surface area contributed by atoms with Crippen LogP contribution in [0.25, 0.3) is 0 Å². The Morgan fingerprint density at radius 2 is 1.79 bits per heavy atom. The van der Waals surface area contributed by atoms with Crippen molar-refractivity contribution >= 4 is 0 Å². The fraction of sp³-hybridized carbons (Fsp3) is 0.900. The average molecular weight is 489 g/mol. The van der Waals surface area contributed by atoms with E-state index in [0.717, 1.165) is 12.8 Å². The van der Waals surface area contributed by atoms with Gasteiger partial charge in [-0.15, -0.1) is 0 Å². The minimum absolute atomic E-state index is 0. The van der Waals surface area contributed by atoms with Gasteiger partial charge in [-0.1, -0.05) is 32.6 Å². The van der Waals surface area contributed by atoms with Crippen LogP contribution in [-0.2, 0) is 9.78 Å². The maximum atomic E-state index is 5.23. The SMILES string of the molecule is CCC[CH-]OOC1CCCCC1.[Tb].[Tb]. The van der Waals surface area contributed by atoms with Gasteiger partial charge in [-0.05, 0) is 12.8 Å². The quantitative estimate of drug-likeness (QED) is 0.256. The molecule has 0 heterocycles. The van der Waals surface area contributed by atoms with Gasteiger partial charge >= 0.3 is 0 Å².